The molecular formula is C36H29N7. The molecule has 4 aromatic carbocycles. The topological polar surface area (TPSA) is 51.1 Å². The van der Waals surface area contributed by atoms with Crippen LogP contribution in [0, 0.1) is 5.92 Å². The van der Waals surface area contributed by atoms with Crippen LogP contribution in [-0.4, -0.2) is 35.2 Å². The molecule has 0 fully saturated rings. The second-order valence-corrected chi connectivity index (χ2v) is 11.5. The molecule has 5 aromatic rings. The highest BCUT2D eigenvalue weighted by molar-refractivity contribution is 6.13. The highest BCUT2D eigenvalue weighted by Gasteiger charge is 2.58. The number of aromatic nitrogens is 2. The first kappa shape index (κ1) is 24.2. The molecule has 0 saturated carbocycles. The van der Waals surface area contributed by atoms with Crippen molar-refractivity contribution in [3.8, 4) is 0 Å². The zero-order valence-corrected chi connectivity index (χ0v) is 23.7. The molecule has 9 rings (SSSR count). The maximum absolute atomic E-state index is 5.48. The van der Waals surface area contributed by atoms with Gasteiger partial charge in [-0.1, -0.05) is 91.5 Å². The van der Waals surface area contributed by atoms with Crippen LogP contribution in [0.4, 0.5) is 28.6 Å². The van der Waals surface area contributed by atoms with E-state index in [0.29, 0.717) is 0 Å². The number of fused-ring (bicyclic) bond motifs is 12. The van der Waals surface area contributed by atoms with Crippen molar-refractivity contribution in [2.24, 2.45) is 11.0 Å². The standard InChI is InChI=1S/C36H29N7/c1-23-26-17-9-12-20-29(26)43-36(41(25-15-7-4-8-16-25)33(39-43)24-13-5-3-6-14-24)32-31(23)27-18-10-11-19-28(27)42-30-21-37-22-38-34(30)40(2)35(32)42/h3-22,31-32,35-36H,1H2,2H3. The fourth-order valence-electron chi connectivity index (χ4n) is 7.73. The number of nitrogens with zero attached hydrogens (tertiary/aromatic N) is 7. The molecule has 1 aromatic heterocycles. The fourth-order valence-corrected chi connectivity index (χ4v) is 7.73. The number of para-hydroxylation sites is 3. The minimum Gasteiger partial charge on any atom is -0.337 e. The summed E-state index contributed by atoms with van der Waals surface area (Å²) < 4.78 is 0. The lowest BCUT2D eigenvalue weighted by atomic mass is 9.72. The van der Waals surface area contributed by atoms with E-state index in [1.807, 2.05) is 6.20 Å². The molecule has 4 aliphatic heterocycles. The second kappa shape index (κ2) is 9.03. The molecule has 0 saturated heterocycles. The van der Waals surface area contributed by atoms with Crippen LogP contribution >= 0.6 is 0 Å². The Labute approximate surface area is 250 Å². The van der Waals surface area contributed by atoms with E-state index in [9.17, 15) is 0 Å². The summed E-state index contributed by atoms with van der Waals surface area (Å²) in [7, 11) is 2.16. The number of hydrogen-bond donors (Lipinski definition) is 0. The van der Waals surface area contributed by atoms with Gasteiger partial charge in [0, 0.05) is 35.5 Å². The molecule has 0 N–H and O–H groups in total. The van der Waals surface area contributed by atoms with Crippen LogP contribution in [0.2, 0.25) is 0 Å². The van der Waals surface area contributed by atoms with Crippen LogP contribution in [0.3, 0.4) is 0 Å². The van der Waals surface area contributed by atoms with Crippen molar-refractivity contribution in [3.05, 3.63) is 145 Å². The first-order chi connectivity index (χ1) is 21.2. The second-order valence-electron chi connectivity index (χ2n) is 11.5. The van der Waals surface area contributed by atoms with Gasteiger partial charge in [0.25, 0.3) is 0 Å². The maximum atomic E-state index is 5.48. The van der Waals surface area contributed by atoms with Crippen LogP contribution in [-0.2, 0) is 0 Å². The minimum absolute atomic E-state index is 0.0131. The molecule has 7 nitrogen and oxygen atoms in total. The third kappa shape index (κ3) is 3.27. The molecule has 5 heterocycles. The Kier molecular flexibility index (Phi) is 5.08. The van der Waals surface area contributed by atoms with Crippen molar-refractivity contribution >= 4 is 40.0 Å². The van der Waals surface area contributed by atoms with Gasteiger partial charge in [-0.15, -0.1) is 0 Å². The number of hydrazone groups is 1. The minimum atomic E-state index is -0.159. The van der Waals surface area contributed by atoms with Gasteiger partial charge in [0.2, 0.25) is 0 Å². The van der Waals surface area contributed by atoms with Crippen LogP contribution < -0.4 is 19.7 Å². The number of allylic oxidation sites excluding steroid dienone is 1. The monoisotopic (exact) mass is 559 g/mol. The van der Waals surface area contributed by atoms with E-state index in [0.717, 1.165) is 45.4 Å². The molecule has 4 atom stereocenters. The van der Waals surface area contributed by atoms with Crippen molar-refractivity contribution in [2.75, 3.05) is 26.8 Å². The van der Waals surface area contributed by atoms with Gasteiger partial charge in [-0.05, 0) is 35.4 Å². The van der Waals surface area contributed by atoms with E-state index in [4.69, 9.17) is 16.7 Å². The molecule has 43 heavy (non-hydrogen) atoms. The highest BCUT2D eigenvalue weighted by atomic mass is 15.6. The number of benzene rings is 4. The van der Waals surface area contributed by atoms with Gasteiger partial charge in [-0.3, -0.25) is 0 Å². The summed E-state index contributed by atoms with van der Waals surface area (Å²) in [6, 6.07) is 38.6. The lowest BCUT2D eigenvalue weighted by molar-refractivity contribution is 0.318. The predicted molar refractivity (Wildman–Crippen MR) is 173 cm³/mol. The molecule has 0 amide bonds. The number of hydrogen-bond acceptors (Lipinski definition) is 7. The number of anilines is 5. The summed E-state index contributed by atoms with van der Waals surface area (Å²) in [5.41, 5.74) is 8.95. The average Bonchev–Trinajstić information content (AvgIpc) is 3.58. The van der Waals surface area contributed by atoms with Crippen molar-refractivity contribution < 1.29 is 0 Å². The van der Waals surface area contributed by atoms with E-state index in [1.165, 1.54) is 11.3 Å². The van der Waals surface area contributed by atoms with Crippen LogP contribution in [0.5, 0.6) is 0 Å². The van der Waals surface area contributed by atoms with Gasteiger partial charge in [-0.25, -0.2) is 15.0 Å². The third-order valence-corrected chi connectivity index (χ3v) is 9.42. The van der Waals surface area contributed by atoms with Gasteiger partial charge in [0.05, 0.1) is 17.8 Å². The summed E-state index contributed by atoms with van der Waals surface area (Å²) >= 11 is 0. The van der Waals surface area contributed by atoms with Crippen molar-refractivity contribution in [2.45, 2.75) is 18.2 Å². The predicted octanol–water partition coefficient (Wildman–Crippen LogP) is 6.85. The molecule has 0 radical (unpaired) electrons. The Morgan fingerprint density at radius 1 is 0.698 bits per heavy atom. The third-order valence-electron chi connectivity index (χ3n) is 9.42. The zero-order chi connectivity index (χ0) is 28.7. The largest absolute Gasteiger partial charge is 0.337 e. The Hall–Kier alpha value is -5.43. The molecule has 0 spiro atoms. The number of amidine groups is 1. The molecule has 4 unspecified atom stereocenters. The zero-order valence-electron chi connectivity index (χ0n) is 23.7. The van der Waals surface area contributed by atoms with Gasteiger partial charge in [0.1, 0.15) is 24.3 Å². The first-order valence-corrected chi connectivity index (χ1v) is 14.7. The molecule has 4 aliphatic rings. The molecule has 208 valence electrons. The molecule has 7 heteroatoms. The van der Waals surface area contributed by atoms with Crippen molar-refractivity contribution in [1.82, 2.24) is 9.97 Å². The van der Waals surface area contributed by atoms with Gasteiger partial charge in [0.15, 0.2) is 11.7 Å². The quantitative estimate of drug-likeness (QED) is 0.236. The smallest absolute Gasteiger partial charge is 0.162 e. The van der Waals surface area contributed by atoms with E-state index in [2.05, 4.69) is 141 Å². The van der Waals surface area contributed by atoms with Crippen molar-refractivity contribution in [3.63, 3.8) is 0 Å². The highest BCUT2D eigenvalue weighted by Crippen LogP contribution is 2.60. The number of rotatable bonds is 2. The van der Waals surface area contributed by atoms with Crippen LogP contribution in [0.25, 0.3) is 5.57 Å². The van der Waals surface area contributed by atoms with Crippen molar-refractivity contribution in [1.29, 1.82) is 0 Å². The maximum Gasteiger partial charge on any atom is 0.162 e. The Morgan fingerprint density at radius 3 is 2.21 bits per heavy atom. The van der Waals surface area contributed by atoms with Gasteiger partial charge < -0.3 is 14.7 Å². The van der Waals surface area contributed by atoms with Gasteiger partial charge in [-0.2, -0.15) is 5.10 Å². The lowest BCUT2D eigenvalue weighted by Crippen LogP contribution is -2.60. The van der Waals surface area contributed by atoms with Crippen LogP contribution in [0.1, 0.15) is 22.6 Å². The first-order valence-electron chi connectivity index (χ1n) is 14.7. The van der Waals surface area contributed by atoms with Gasteiger partial charge >= 0.3 is 0 Å². The summed E-state index contributed by atoms with van der Waals surface area (Å²) in [6.45, 7) is 4.83. The summed E-state index contributed by atoms with van der Waals surface area (Å²) in [6.07, 6.45) is 3.38. The lowest BCUT2D eigenvalue weighted by Gasteiger charge is -2.50. The fraction of sp³-hybridized carbons (Fsp3) is 0.139. The Balaban J connectivity index is 1.36. The summed E-state index contributed by atoms with van der Waals surface area (Å²) in [4.78, 5) is 16.5. The molecule has 0 bridgehead atoms. The van der Waals surface area contributed by atoms with E-state index in [1.54, 1.807) is 6.33 Å². The summed E-state index contributed by atoms with van der Waals surface area (Å²) in [5, 5.41) is 7.74. The Bertz CT molecular complexity index is 1920. The average molecular weight is 560 g/mol. The molecule has 0 aliphatic carbocycles. The van der Waals surface area contributed by atoms with E-state index >= 15 is 0 Å². The molecular weight excluding hydrogens is 530 g/mol. The van der Waals surface area contributed by atoms with E-state index < -0.39 is 0 Å². The summed E-state index contributed by atoms with van der Waals surface area (Å²) in [5.74, 6) is 1.90. The Morgan fingerprint density at radius 2 is 1.40 bits per heavy atom. The SMILES string of the molecule is C=C1c2ccccc2N2N=C(c3ccccc3)N(c3ccccc3)C2C2C1c1ccccc1N1c3cncnc3N(C)C21. The van der Waals surface area contributed by atoms with E-state index in [-0.39, 0.29) is 24.2 Å². The normalized spacial score (nSPS) is 23.0. The van der Waals surface area contributed by atoms with Crippen LogP contribution in [0.15, 0.2) is 133 Å².